The number of carboxylic acid groups (broad SMARTS) is 1. The molecule has 0 aromatic carbocycles. The summed E-state index contributed by atoms with van der Waals surface area (Å²) < 4.78 is 5.31. The van der Waals surface area contributed by atoms with E-state index in [9.17, 15) is 19.5 Å². The van der Waals surface area contributed by atoms with Crippen LogP contribution in [-0.2, 0) is 27.2 Å². The Morgan fingerprint density at radius 2 is 1.87 bits per heavy atom. The third kappa shape index (κ3) is 3.93. The molecule has 2 N–H and O–H groups in total. The zero-order valence-electron chi connectivity index (χ0n) is 18.6. The number of carboxylic acids is 1. The standard InChI is InChI=1S/C24H31NO5S/c1-5-30-23(29)19-15-9-8-14(24(2,3)4)11-16(15)31-21(19)25-20(26)17-12-6-7-13(10-12)18(17)22(27)28/h6-7,12-14,17-18H,5,8-11H2,1-4H3,(H,25,26)(H,27,28). The van der Waals surface area contributed by atoms with Crippen molar-refractivity contribution in [2.75, 3.05) is 11.9 Å². The van der Waals surface area contributed by atoms with Gasteiger partial charge in [0, 0.05) is 4.88 Å². The second-order valence-electron chi connectivity index (χ2n) is 10.1. The SMILES string of the molecule is CCOC(=O)c1c(NC(=O)C2C3C=CC(C3)C2C(=O)O)sc2c1CCC(C(C)(C)C)C2. The molecule has 1 heterocycles. The monoisotopic (exact) mass is 445 g/mol. The molecule has 1 aromatic rings. The molecule has 1 saturated carbocycles. The summed E-state index contributed by atoms with van der Waals surface area (Å²) in [5.41, 5.74) is 1.62. The van der Waals surface area contributed by atoms with E-state index in [4.69, 9.17) is 4.74 Å². The summed E-state index contributed by atoms with van der Waals surface area (Å²) in [5.74, 6) is -2.60. The van der Waals surface area contributed by atoms with Gasteiger partial charge in [-0.1, -0.05) is 32.9 Å². The van der Waals surface area contributed by atoms with E-state index >= 15 is 0 Å². The average Bonchev–Trinajstić information content (AvgIpc) is 3.38. The number of hydrogen-bond donors (Lipinski definition) is 2. The minimum atomic E-state index is -0.930. The first-order valence-electron chi connectivity index (χ1n) is 11.2. The molecular weight excluding hydrogens is 414 g/mol. The molecule has 1 fully saturated rings. The van der Waals surface area contributed by atoms with Crippen molar-refractivity contribution in [1.29, 1.82) is 0 Å². The smallest absolute Gasteiger partial charge is 0.341 e. The van der Waals surface area contributed by atoms with Gasteiger partial charge in [-0.25, -0.2) is 4.79 Å². The van der Waals surface area contributed by atoms with Crippen LogP contribution in [0.1, 0.15) is 61.3 Å². The number of esters is 1. The molecule has 0 aliphatic heterocycles. The minimum Gasteiger partial charge on any atom is -0.481 e. The largest absolute Gasteiger partial charge is 0.481 e. The minimum absolute atomic E-state index is 0.0583. The highest BCUT2D eigenvalue weighted by Gasteiger charge is 2.52. The molecule has 4 rings (SSSR count). The van der Waals surface area contributed by atoms with Crippen LogP contribution in [0.2, 0.25) is 0 Å². The van der Waals surface area contributed by atoms with Crippen LogP contribution >= 0.6 is 11.3 Å². The molecule has 0 radical (unpaired) electrons. The van der Waals surface area contributed by atoms with Crippen molar-refractivity contribution in [2.24, 2.45) is 35.0 Å². The number of ether oxygens (including phenoxy) is 1. The number of fused-ring (bicyclic) bond motifs is 3. The maximum atomic E-state index is 13.2. The lowest BCUT2D eigenvalue weighted by atomic mass is 9.72. The Morgan fingerprint density at radius 3 is 2.48 bits per heavy atom. The van der Waals surface area contributed by atoms with Gasteiger partial charge in [-0.3, -0.25) is 9.59 Å². The fourth-order valence-corrected chi connectivity index (χ4v) is 6.86. The summed E-state index contributed by atoms with van der Waals surface area (Å²) >= 11 is 1.45. The van der Waals surface area contributed by atoms with Crippen molar-refractivity contribution in [3.05, 3.63) is 28.2 Å². The van der Waals surface area contributed by atoms with Crippen molar-refractivity contribution >= 4 is 34.2 Å². The zero-order valence-corrected chi connectivity index (χ0v) is 19.4. The summed E-state index contributed by atoms with van der Waals surface area (Å²) in [7, 11) is 0. The number of carbonyl (C=O) groups is 3. The highest BCUT2D eigenvalue weighted by Crippen LogP contribution is 2.49. The Hall–Kier alpha value is -2.15. The number of anilines is 1. The maximum Gasteiger partial charge on any atom is 0.341 e. The van der Waals surface area contributed by atoms with E-state index in [1.54, 1.807) is 6.92 Å². The van der Waals surface area contributed by atoms with Gasteiger partial charge in [-0.2, -0.15) is 0 Å². The molecule has 5 unspecified atom stereocenters. The van der Waals surface area contributed by atoms with Gasteiger partial charge in [0.2, 0.25) is 5.91 Å². The van der Waals surface area contributed by atoms with E-state index in [1.165, 1.54) is 11.3 Å². The van der Waals surface area contributed by atoms with Gasteiger partial charge in [0.15, 0.2) is 0 Å². The lowest BCUT2D eigenvalue weighted by molar-refractivity contribution is -0.146. The third-order valence-corrected chi connectivity index (χ3v) is 8.42. The fraction of sp³-hybridized carbons (Fsp3) is 0.625. The first-order valence-corrected chi connectivity index (χ1v) is 12.0. The van der Waals surface area contributed by atoms with Crippen molar-refractivity contribution in [1.82, 2.24) is 0 Å². The number of rotatable bonds is 5. The molecule has 31 heavy (non-hydrogen) atoms. The predicted molar refractivity (Wildman–Crippen MR) is 119 cm³/mol. The highest BCUT2D eigenvalue weighted by atomic mass is 32.1. The second kappa shape index (κ2) is 8.08. The van der Waals surface area contributed by atoms with Gasteiger partial charge in [0.25, 0.3) is 0 Å². The van der Waals surface area contributed by atoms with Crippen LogP contribution in [0.15, 0.2) is 12.2 Å². The van der Waals surface area contributed by atoms with Crippen LogP contribution in [0.3, 0.4) is 0 Å². The molecule has 6 nitrogen and oxygen atoms in total. The fourth-order valence-electron chi connectivity index (χ4n) is 5.54. The number of amides is 1. The Labute approximate surface area is 187 Å². The van der Waals surface area contributed by atoms with Gasteiger partial charge in [0.05, 0.1) is 24.0 Å². The number of nitrogens with one attached hydrogen (secondary N) is 1. The van der Waals surface area contributed by atoms with Crippen molar-refractivity contribution in [2.45, 2.75) is 53.4 Å². The predicted octanol–water partition coefficient (Wildman–Crippen LogP) is 4.54. The van der Waals surface area contributed by atoms with E-state index in [1.807, 2.05) is 12.2 Å². The second-order valence-corrected chi connectivity index (χ2v) is 11.2. The van der Waals surface area contributed by atoms with E-state index in [0.717, 1.165) is 29.7 Å². The first kappa shape index (κ1) is 22.1. The number of carbonyl (C=O) groups excluding carboxylic acids is 2. The summed E-state index contributed by atoms with van der Waals surface area (Å²) in [4.78, 5) is 39.0. The molecule has 0 spiro atoms. The third-order valence-electron chi connectivity index (χ3n) is 7.25. The number of thiophene rings is 1. The summed E-state index contributed by atoms with van der Waals surface area (Å²) in [6.07, 6.45) is 7.24. The highest BCUT2D eigenvalue weighted by molar-refractivity contribution is 7.17. The lowest BCUT2D eigenvalue weighted by Crippen LogP contribution is -2.36. The molecule has 5 atom stereocenters. The quantitative estimate of drug-likeness (QED) is 0.513. The zero-order chi connectivity index (χ0) is 22.5. The van der Waals surface area contributed by atoms with Crippen LogP contribution in [0, 0.1) is 35.0 Å². The van der Waals surface area contributed by atoms with Crippen molar-refractivity contribution in [3.8, 4) is 0 Å². The molecule has 0 saturated heterocycles. The van der Waals surface area contributed by atoms with Gasteiger partial charge in [-0.15, -0.1) is 11.3 Å². The molecule has 1 aromatic heterocycles. The Morgan fingerprint density at radius 1 is 1.19 bits per heavy atom. The number of allylic oxidation sites excluding steroid dienone is 2. The van der Waals surface area contributed by atoms with E-state index in [2.05, 4.69) is 26.1 Å². The van der Waals surface area contributed by atoms with Crippen LogP contribution < -0.4 is 5.32 Å². The normalized spacial score (nSPS) is 29.0. The van der Waals surface area contributed by atoms with E-state index in [0.29, 0.717) is 22.9 Å². The average molecular weight is 446 g/mol. The maximum absolute atomic E-state index is 13.2. The van der Waals surface area contributed by atoms with Crippen LogP contribution in [0.25, 0.3) is 0 Å². The molecule has 168 valence electrons. The number of hydrogen-bond acceptors (Lipinski definition) is 5. The van der Waals surface area contributed by atoms with Gasteiger partial charge in [0.1, 0.15) is 5.00 Å². The molecule has 3 aliphatic carbocycles. The summed E-state index contributed by atoms with van der Waals surface area (Å²) in [6, 6.07) is 0. The Balaban J connectivity index is 1.64. The number of aliphatic carboxylic acids is 1. The van der Waals surface area contributed by atoms with Gasteiger partial charge < -0.3 is 15.2 Å². The molecular formula is C24H31NO5S. The lowest BCUT2D eigenvalue weighted by Gasteiger charge is -2.33. The molecule has 7 heteroatoms. The van der Waals surface area contributed by atoms with E-state index < -0.39 is 23.8 Å². The Kier molecular flexibility index (Phi) is 5.75. The van der Waals surface area contributed by atoms with E-state index in [-0.39, 0.29) is 29.8 Å². The Bertz CT molecular complexity index is 941. The van der Waals surface area contributed by atoms with Crippen molar-refractivity contribution in [3.63, 3.8) is 0 Å². The van der Waals surface area contributed by atoms with Crippen molar-refractivity contribution < 1.29 is 24.2 Å². The molecule has 3 aliphatic rings. The topological polar surface area (TPSA) is 92.7 Å². The van der Waals surface area contributed by atoms with Crippen LogP contribution in [-0.4, -0.2) is 29.6 Å². The molecule has 2 bridgehead atoms. The van der Waals surface area contributed by atoms with Gasteiger partial charge in [-0.05, 0) is 61.3 Å². The summed E-state index contributed by atoms with van der Waals surface area (Å²) in [6.45, 7) is 8.74. The van der Waals surface area contributed by atoms with Crippen LogP contribution in [0.5, 0.6) is 0 Å². The molecule has 1 amide bonds. The first-order chi connectivity index (χ1) is 14.6. The van der Waals surface area contributed by atoms with Gasteiger partial charge >= 0.3 is 11.9 Å². The summed E-state index contributed by atoms with van der Waals surface area (Å²) in [5, 5.41) is 13.2. The van der Waals surface area contributed by atoms with Crippen LogP contribution in [0.4, 0.5) is 5.00 Å².